The molecule has 1 N–H and O–H groups in total. The first-order chi connectivity index (χ1) is 9.00. The molecule has 1 saturated carbocycles. The normalized spacial score (nSPS) is 17.5. The highest BCUT2D eigenvalue weighted by molar-refractivity contribution is 5.48. The number of aliphatic imine (C=N–C) groups is 1. The fraction of sp³-hybridized carbons (Fsp3) is 0.562. The standard InChI is InChI=1S/C16H21NO2/c1-11(2)13-9-14(12(3)8-15(13)19)16(17-10-18)6-4-5-7-16/h8-9,11,19H,4-7H2,1-3H3. The zero-order chi connectivity index (χ0) is 14.0. The van der Waals surface area contributed by atoms with Crippen molar-refractivity contribution in [2.75, 3.05) is 0 Å². The minimum Gasteiger partial charge on any atom is -0.508 e. The number of carbonyl (C=O) groups excluding carboxylic acids is 1. The van der Waals surface area contributed by atoms with Gasteiger partial charge in [-0.3, -0.25) is 0 Å². The Hall–Kier alpha value is -1.60. The summed E-state index contributed by atoms with van der Waals surface area (Å²) in [6, 6.07) is 3.83. The van der Waals surface area contributed by atoms with Crippen molar-refractivity contribution in [2.45, 2.75) is 57.9 Å². The molecule has 19 heavy (non-hydrogen) atoms. The number of rotatable bonds is 3. The van der Waals surface area contributed by atoms with Crippen molar-refractivity contribution in [1.29, 1.82) is 0 Å². The Kier molecular flexibility index (Phi) is 3.77. The van der Waals surface area contributed by atoms with Gasteiger partial charge in [-0.05, 0) is 54.5 Å². The van der Waals surface area contributed by atoms with Crippen molar-refractivity contribution in [3.8, 4) is 5.75 Å². The van der Waals surface area contributed by atoms with Crippen LogP contribution in [0.1, 0.15) is 62.1 Å². The molecule has 3 heteroatoms. The van der Waals surface area contributed by atoms with Gasteiger partial charge >= 0.3 is 0 Å². The average Bonchev–Trinajstić information content (AvgIpc) is 2.78. The lowest BCUT2D eigenvalue weighted by atomic mass is 9.83. The molecule has 1 fully saturated rings. The maximum absolute atomic E-state index is 10.8. The zero-order valence-corrected chi connectivity index (χ0v) is 11.9. The highest BCUT2D eigenvalue weighted by atomic mass is 16.3. The molecular weight excluding hydrogens is 238 g/mol. The second-order valence-electron chi connectivity index (χ2n) is 5.82. The molecule has 0 spiro atoms. The molecule has 1 aromatic carbocycles. The summed E-state index contributed by atoms with van der Waals surface area (Å²) < 4.78 is 0. The molecule has 1 aliphatic rings. The largest absolute Gasteiger partial charge is 0.508 e. The Morgan fingerprint density at radius 1 is 1.32 bits per heavy atom. The minimum absolute atomic E-state index is 0.248. The van der Waals surface area contributed by atoms with Crippen LogP contribution in [0.3, 0.4) is 0 Å². The molecule has 0 radical (unpaired) electrons. The van der Waals surface area contributed by atoms with Crippen LogP contribution < -0.4 is 0 Å². The number of nitrogens with zero attached hydrogens (tertiary/aromatic N) is 1. The zero-order valence-electron chi connectivity index (χ0n) is 11.9. The Morgan fingerprint density at radius 2 is 1.95 bits per heavy atom. The van der Waals surface area contributed by atoms with Gasteiger partial charge in [0.05, 0.1) is 5.54 Å². The molecule has 0 aliphatic heterocycles. The summed E-state index contributed by atoms with van der Waals surface area (Å²) in [6.07, 6.45) is 5.71. The quantitative estimate of drug-likeness (QED) is 0.660. The number of hydrogen-bond donors (Lipinski definition) is 1. The summed E-state index contributed by atoms with van der Waals surface area (Å²) >= 11 is 0. The van der Waals surface area contributed by atoms with E-state index in [2.05, 4.69) is 18.8 Å². The van der Waals surface area contributed by atoms with Crippen LogP contribution >= 0.6 is 0 Å². The summed E-state index contributed by atoms with van der Waals surface area (Å²) in [5, 5.41) is 10.0. The summed E-state index contributed by atoms with van der Waals surface area (Å²) in [5.74, 6) is 0.581. The number of isocyanates is 1. The van der Waals surface area contributed by atoms with Gasteiger partial charge in [0.25, 0.3) is 0 Å². The van der Waals surface area contributed by atoms with E-state index in [1.165, 1.54) is 0 Å². The van der Waals surface area contributed by atoms with E-state index in [4.69, 9.17) is 0 Å². The first-order valence-corrected chi connectivity index (χ1v) is 6.93. The topological polar surface area (TPSA) is 49.7 Å². The van der Waals surface area contributed by atoms with E-state index in [0.717, 1.165) is 42.4 Å². The Labute approximate surface area is 114 Å². The van der Waals surface area contributed by atoms with Crippen molar-refractivity contribution >= 4 is 6.08 Å². The van der Waals surface area contributed by atoms with Crippen molar-refractivity contribution < 1.29 is 9.90 Å². The predicted molar refractivity (Wildman–Crippen MR) is 75.2 cm³/mol. The molecular formula is C16H21NO2. The second kappa shape index (κ2) is 5.18. The number of phenols is 1. The maximum Gasteiger partial charge on any atom is 0.235 e. The first-order valence-electron chi connectivity index (χ1n) is 6.93. The second-order valence-corrected chi connectivity index (χ2v) is 5.82. The first kappa shape index (κ1) is 13.8. The SMILES string of the molecule is Cc1cc(O)c(C(C)C)cc1C1(N=C=O)CCCC1. The molecule has 0 amide bonds. The van der Waals surface area contributed by atoms with Gasteiger partial charge in [0.2, 0.25) is 6.08 Å². The minimum atomic E-state index is -0.414. The van der Waals surface area contributed by atoms with Crippen LogP contribution in [0.4, 0.5) is 0 Å². The van der Waals surface area contributed by atoms with Crippen LogP contribution in [0.25, 0.3) is 0 Å². The lowest BCUT2D eigenvalue weighted by Gasteiger charge is -2.26. The molecule has 0 aromatic heterocycles. The lowest BCUT2D eigenvalue weighted by Crippen LogP contribution is -2.20. The smallest absolute Gasteiger partial charge is 0.235 e. The van der Waals surface area contributed by atoms with Gasteiger partial charge < -0.3 is 5.11 Å². The third-order valence-corrected chi connectivity index (χ3v) is 4.19. The van der Waals surface area contributed by atoms with Gasteiger partial charge in [0.1, 0.15) is 5.75 Å². The highest BCUT2D eigenvalue weighted by Gasteiger charge is 2.37. The molecule has 1 aliphatic carbocycles. The predicted octanol–water partition coefficient (Wildman–Crippen LogP) is 3.93. The molecule has 102 valence electrons. The number of aryl methyl sites for hydroxylation is 1. The third-order valence-electron chi connectivity index (χ3n) is 4.19. The molecule has 1 aromatic rings. The van der Waals surface area contributed by atoms with Crippen molar-refractivity contribution in [2.24, 2.45) is 4.99 Å². The van der Waals surface area contributed by atoms with Crippen LogP contribution in [-0.2, 0) is 10.3 Å². The van der Waals surface area contributed by atoms with E-state index in [9.17, 15) is 9.90 Å². The summed E-state index contributed by atoms with van der Waals surface area (Å²) in [7, 11) is 0. The van der Waals surface area contributed by atoms with E-state index < -0.39 is 5.54 Å². The van der Waals surface area contributed by atoms with E-state index in [-0.39, 0.29) is 5.92 Å². The van der Waals surface area contributed by atoms with Crippen LogP contribution in [-0.4, -0.2) is 11.2 Å². The van der Waals surface area contributed by atoms with Gasteiger partial charge in [-0.25, -0.2) is 4.79 Å². The monoisotopic (exact) mass is 259 g/mol. The Balaban J connectivity index is 2.60. The van der Waals surface area contributed by atoms with Crippen molar-refractivity contribution in [3.05, 3.63) is 28.8 Å². The van der Waals surface area contributed by atoms with Gasteiger partial charge in [-0.1, -0.05) is 26.7 Å². The summed E-state index contributed by atoms with van der Waals surface area (Å²) in [5.41, 5.74) is 2.59. The van der Waals surface area contributed by atoms with E-state index in [0.29, 0.717) is 5.75 Å². The summed E-state index contributed by atoms with van der Waals surface area (Å²) in [4.78, 5) is 14.9. The molecule has 0 unspecified atom stereocenters. The molecule has 3 nitrogen and oxygen atoms in total. The summed E-state index contributed by atoms with van der Waals surface area (Å²) in [6.45, 7) is 6.08. The van der Waals surface area contributed by atoms with Crippen LogP contribution in [0.2, 0.25) is 0 Å². The van der Waals surface area contributed by atoms with Crippen LogP contribution in [0, 0.1) is 6.92 Å². The fourth-order valence-corrected chi connectivity index (χ4v) is 3.16. The Bertz CT molecular complexity index is 522. The number of benzene rings is 1. The third kappa shape index (κ3) is 2.43. The molecule has 0 saturated heterocycles. The molecule has 0 atom stereocenters. The van der Waals surface area contributed by atoms with Crippen LogP contribution in [0.15, 0.2) is 17.1 Å². The van der Waals surface area contributed by atoms with Gasteiger partial charge in [-0.2, -0.15) is 4.99 Å². The fourth-order valence-electron chi connectivity index (χ4n) is 3.16. The van der Waals surface area contributed by atoms with Gasteiger partial charge in [-0.15, -0.1) is 0 Å². The van der Waals surface area contributed by atoms with Crippen molar-refractivity contribution in [3.63, 3.8) is 0 Å². The molecule has 0 heterocycles. The number of hydrogen-bond acceptors (Lipinski definition) is 3. The van der Waals surface area contributed by atoms with E-state index >= 15 is 0 Å². The van der Waals surface area contributed by atoms with E-state index in [1.807, 2.05) is 13.0 Å². The number of phenolic OH excluding ortho intramolecular Hbond substituents is 1. The van der Waals surface area contributed by atoms with E-state index in [1.54, 1.807) is 12.1 Å². The molecule has 2 rings (SSSR count). The van der Waals surface area contributed by atoms with Gasteiger partial charge in [0, 0.05) is 0 Å². The lowest BCUT2D eigenvalue weighted by molar-refractivity contribution is 0.444. The van der Waals surface area contributed by atoms with Gasteiger partial charge in [0.15, 0.2) is 0 Å². The Morgan fingerprint density at radius 3 is 2.47 bits per heavy atom. The average molecular weight is 259 g/mol. The van der Waals surface area contributed by atoms with Crippen molar-refractivity contribution in [1.82, 2.24) is 0 Å². The molecule has 0 bridgehead atoms. The maximum atomic E-state index is 10.8. The number of aromatic hydroxyl groups is 1. The highest BCUT2D eigenvalue weighted by Crippen LogP contribution is 2.45. The van der Waals surface area contributed by atoms with Crippen LogP contribution in [0.5, 0.6) is 5.75 Å².